The number of fused-ring (bicyclic) bond motifs is 1. The standard InChI is InChI=1S/C15H16BrNS/c1-17-14(15-13(16)6-7-18-15)12-8-10-4-2-3-5-11(10)9-12/h2-7,12,14,17H,8-9H2,1H3. The smallest absolute Gasteiger partial charge is 0.0458 e. The lowest BCUT2D eigenvalue weighted by molar-refractivity contribution is 0.401. The van der Waals surface area contributed by atoms with E-state index in [9.17, 15) is 0 Å². The highest BCUT2D eigenvalue weighted by Crippen LogP contribution is 2.39. The van der Waals surface area contributed by atoms with Gasteiger partial charge >= 0.3 is 0 Å². The lowest BCUT2D eigenvalue weighted by atomic mass is 9.95. The molecule has 1 heterocycles. The van der Waals surface area contributed by atoms with E-state index in [1.54, 1.807) is 0 Å². The highest BCUT2D eigenvalue weighted by atomic mass is 79.9. The zero-order chi connectivity index (χ0) is 12.5. The summed E-state index contributed by atoms with van der Waals surface area (Å²) in [6.45, 7) is 0. The van der Waals surface area contributed by atoms with Gasteiger partial charge in [0.05, 0.1) is 0 Å². The second-order valence-electron chi connectivity index (χ2n) is 4.84. The molecule has 0 aliphatic heterocycles. The lowest BCUT2D eigenvalue weighted by Crippen LogP contribution is -2.25. The molecule has 3 heteroatoms. The molecule has 0 spiro atoms. The van der Waals surface area contributed by atoms with Crippen LogP contribution in [0.2, 0.25) is 0 Å². The van der Waals surface area contributed by atoms with Crippen molar-refractivity contribution in [2.24, 2.45) is 5.92 Å². The molecule has 0 fully saturated rings. The summed E-state index contributed by atoms with van der Waals surface area (Å²) in [6.07, 6.45) is 2.37. The number of benzene rings is 1. The number of hydrogen-bond acceptors (Lipinski definition) is 2. The molecule has 0 amide bonds. The van der Waals surface area contributed by atoms with Crippen molar-refractivity contribution < 1.29 is 0 Å². The van der Waals surface area contributed by atoms with Crippen molar-refractivity contribution >= 4 is 27.3 Å². The van der Waals surface area contributed by atoms with Crippen molar-refractivity contribution in [2.45, 2.75) is 18.9 Å². The molecule has 1 atom stereocenters. The molecule has 0 bridgehead atoms. The Balaban J connectivity index is 1.86. The van der Waals surface area contributed by atoms with E-state index in [-0.39, 0.29) is 0 Å². The van der Waals surface area contributed by atoms with Gasteiger partial charge in [-0.3, -0.25) is 0 Å². The van der Waals surface area contributed by atoms with E-state index in [2.05, 4.69) is 64.0 Å². The average Bonchev–Trinajstić information content (AvgIpc) is 2.97. The molecule has 1 aliphatic carbocycles. The Morgan fingerprint density at radius 2 is 1.89 bits per heavy atom. The molecule has 0 radical (unpaired) electrons. The molecule has 0 saturated carbocycles. The van der Waals surface area contributed by atoms with Crippen LogP contribution in [-0.2, 0) is 12.8 Å². The predicted octanol–water partition coefficient (Wildman–Crippen LogP) is 4.19. The minimum atomic E-state index is 0.451. The van der Waals surface area contributed by atoms with E-state index in [0.717, 1.165) is 0 Å². The van der Waals surface area contributed by atoms with Gasteiger partial charge in [0, 0.05) is 15.4 Å². The highest BCUT2D eigenvalue weighted by molar-refractivity contribution is 9.10. The van der Waals surface area contributed by atoms with Crippen molar-refractivity contribution in [2.75, 3.05) is 7.05 Å². The topological polar surface area (TPSA) is 12.0 Å². The maximum atomic E-state index is 3.66. The summed E-state index contributed by atoms with van der Waals surface area (Å²) in [5.41, 5.74) is 3.05. The van der Waals surface area contributed by atoms with E-state index in [4.69, 9.17) is 0 Å². The summed E-state index contributed by atoms with van der Waals surface area (Å²) in [5.74, 6) is 0.669. The molecule has 2 aromatic rings. The second-order valence-corrected chi connectivity index (χ2v) is 6.64. The van der Waals surface area contributed by atoms with Crippen molar-refractivity contribution in [3.05, 3.63) is 56.2 Å². The van der Waals surface area contributed by atoms with Gasteiger partial charge in [-0.1, -0.05) is 24.3 Å². The SMILES string of the molecule is CNC(c1sccc1Br)C1Cc2ccccc2C1. The van der Waals surface area contributed by atoms with Crippen molar-refractivity contribution in [1.82, 2.24) is 5.32 Å². The molecule has 1 aromatic heterocycles. The third kappa shape index (κ3) is 2.15. The Morgan fingerprint density at radius 3 is 2.39 bits per heavy atom. The Hall–Kier alpha value is -0.640. The molecular weight excluding hydrogens is 306 g/mol. The summed E-state index contributed by atoms with van der Waals surface area (Å²) in [5, 5.41) is 5.66. The Kier molecular flexibility index (Phi) is 3.55. The first-order valence-electron chi connectivity index (χ1n) is 6.26. The minimum Gasteiger partial charge on any atom is -0.312 e. The van der Waals surface area contributed by atoms with Gasteiger partial charge < -0.3 is 5.32 Å². The Morgan fingerprint density at radius 1 is 1.22 bits per heavy atom. The van der Waals surface area contributed by atoms with Crippen molar-refractivity contribution in [3.63, 3.8) is 0 Å². The van der Waals surface area contributed by atoms with E-state index in [1.807, 2.05) is 11.3 Å². The molecule has 1 nitrogen and oxygen atoms in total. The number of thiophene rings is 1. The Labute approximate surface area is 120 Å². The highest BCUT2D eigenvalue weighted by Gasteiger charge is 2.30. The summed E-state index contributed by atoms with van der Waals surface area (Å²) in [6, 6.07) is 11.4. The summed E-state index contributed by atoms with van der Waals surface area (Å²) in [7, 11) is 2.07. The first-order valence-corrected chi connectivity index (χ1v) is 7.94. The first-order chi connectivity index (χ1) is 8.79. The minimum absolute atomic E-state index is 0.451. The average molecular weight is 322 g/mol. The van der Waals surface area contributed by atoms with Crippen LogP contribution in [0.25, 0.3) is 0 Å². The van der Waals surface area contributed by atoms with Crippen LogP contribution in [-0.4, -0.2) is 7.05 Å². The van der Waals surface area contributed by atoms with Gasteiger partial charge in [-0.2, -0.15) is 0 Å². The van der Waals surface area contributed by atoms with Crippen LogP contribution >= 0.6 is 27.3 Å². The van der Waals surface area contributed by atoms with Crippen LogP contribution < -0.4 is 5.32 Å². The van der Waals surface area contributed by atoms with E-state index in [1.165, 1.54) is 33.3 Å². The number of hydrogen-bond donors (Lipinski definition) is 1. The molecular formula is C15H16BrNS. The number of nitrogens with one attached hydrogen (secondary N) is 1. The van der Waals surface area contributed by atoms with Gasteiger partial charge in [-0.05, 0) is 64.3 Å². The Bertz CT molecular complexity index is 524. The molecule has 1 aliphatic rings. The fourth-order valence-electron chi connectivity index (χ4n) is 2.94. The lowest BCUT2D eigenvalue weighted by Gasteiger charge is -2.22. The van der Waals surface area contributed by atoms with Gasteiger partial charge in [-0.25, -0.2) is 0 Å². The summed E-state index contributed by atoms with van der Waals surface area (Å²) < 4.78 is 1.24. The molecule has 1 N–H and O–H groups in total. The van der Waals surface area contributed by atoms with E-state index >= 15 is 0 Å². The number of rotatable bonds is 3. The fourth-order valence-corrected chi connectivity index (χ4v) is 4.76. The van der Waals surface area contributed by atoms with Crippen LogP contribution in [0.4, 0.5) is 0 Å². The van der Waals surface area contributed by atoms with Crippen LogP contribution in [0.1, 0.15) is 22.0 Å². The quantitative estimate of drug-likeness (QED) is 0.894. The second kappa shape index (κ2) is 5.16. The number of halogens is 1. The molecule has 0 saturated heterocycles. The van der Waals surface area contributed by atoms with Gasteiger partial charge in [-0.15, -0.1) is 11.3 Å². The van der Waals surface area contributed by atoms with Gasteiger partial charge in [0.25, 0.3) is 0 Å². The monoisotopic (exact) mass is 321 g/mol. The zero-order valence-electron chi connectivity index (χ0n) is 10.3. The van der Waals surface area contributed by atoms with Crippen LogP contribution in [0.5, 0.6) is 0 Å². The summed E-state index contributed by atoms with van der Waals surface area (Å²) >= 11 is 5.50. The third-order valence-corrected chi connectivity index (χ3v) is 5.75. The predicted molar refractivity (Wildman–Crippen MR) is 81.2 cm³/mol. The molecule has 3 rings (SSSR count). The molecule has 94 valence electrons. The van der Waals surface area contributed by atoms with Crippen molar-refractivity contribution in [1.29, 1.82) is 0 Å². The van der Waals surface area contributed by atoms with E-state index < -0.39 is 0 Å². The van der Waals surface area contributed by atoms with Gasteiger partial charge in [0.1, 0.15) is 0 Å². The van der Waals surface area contributed by atoms with Crippen LogP contribution in [0.15, 0.2) is 40.2 Å². The fraction of sp³-hybridized carbons (Fsp3) is 0.333. The maximum Gasteiger partial charge on any atom is 0.0458 e. The normalized spacial score (nSPS) is 16.8. The van der Waals surface area contributed by atoms with E-state index in [0.29, 0.717) is 12.0 Å². The first kappa shape index (κ1) is 12.4. The summed E-state index contributed by atoms with van der Waals surface area (Å²) in [4.78, 5) is 1.43. The molecule has 1 unspecified atom stereocenters. The zero-order valence-corrected chi connectivity index (χ0v) is 12.7. The van der Waals surface area contributed by atoms with Crippen LogP contribution in [0, 0.1) is 5.92 Å². The van der Waals surface area contributed by atoms with Crippen LogP contribution in [0.3, 0.4) is 0 Å². The van der Waals surface area contributed by atoms with Gasteiger partial charge in [0.15, 0.2) is 0 Å². The molecule has 1 aromatic carbocycles. The molecule has 18 heavy (non-hydrogen) atoms. The van der Waals surface area contributed by atoms with Crippen molar-refractivity contribution in [3.8, 4) is 0 Å². The maximum absolute atomic E-state index is 3.66. The van der Waals surface area contributed by atoms with Gasteiger partial charge in [0.2, 0.25) is 0 Å². The third-order valence-electron chi connectivity index (χ3n) is 3.79. The largest absolute Gasteiger partial charge is 0.312 e.